The Bertz CT molecular complexity index is 601. The minimum Gasteiger partial charge on any atom is -0.303 e. The molecule has 0 amide bonds. The third-order valence-corrected chi connectivity index (χ3v) is 3.55. The van der Waals surface area contributed by atoms with Gasteiger partial charge in [-0.1, -0.05) is 19.1 Å². The van der Waals surface area contributed by atoms with Gasteiger partial charge in [-0.05, 0) is 36.6 Å². The maximum absolute atomic E-state index is 10.9. The van der Waals surface area contributed by atoms with Crippen LogP contribution in [0.1, 0.15) is 43.5 Å². The number of rotatable bonds is 6. The fraction of sp³-hybridized carbons (Fsp3) is 0.312. The van der Waals surface area contributed by atoms with Gasteiger partial charge in [0.1, 0.15) is 0 Å². The molecule has 5 heteroatoms. The Morgan fingerprint density at radius 1 is 1.24 bits per heavy atom. The van der Waals surface area contributed by atoms with E-state index < -0.39 is 0 Å². The summed E-state index contributed by atoms with van der Waals surface area (Å²) in [5.74, 6) is 0. The molecule has 110 valence electrons. The Balaban J connectivity index is 2.16. The summed E-state index contributed by atoms with van der Waals surface area (Å²) >= 11 is 0. The number of hydrogen-bond donors (Lipinski definition) is 1. The highest BCUT2D eigenvalue weighted by atomic mass is 16.6. The quantitative estimate of drug-likeness (QED) is 0.647. The van der Waals surface area contributed by atoms with Crippen molar-refractivity contribution >= 4 is 5.69 Å². The minimum absolute atomic E-state index is 0.0769. The number of pyridine rings is 1. The Morgan fingerprint density at radius 3 is 2.57 bits per heavy atom. The van der Waals surface area contributed by atoms with Gasteiger partial charge in [-0.15, -0.1) is 0 Å². The summed E-state index contributed by atoms with van der Waals surface area (Å²) in [6.07, 6.45) is 4.39. The van der Waals surface area contributed by atoms with E-state index in [0.717, 1.165) is 17.5 Å². The minimum atomic E-state index is -0.359. The molecule has 5 nitrogen and oxygen atoms in total. The predicted octanol–water partition coefficient (Wildman–Crippen LogP) is 3.79. The largest absolute Gasteiger partial charge is 0.303 e. The highest BCUT2D eigenvalue weighted by Gasteiger charge is 2.16. The Hall–Kier alpha value is -2.27. The second-order valence-corrected chi connectivity index (χ2v) is 4.98. The van der Waals surface area contributed by atoms with E-state index in [1.165, 1.54) is 6.07 Å². The van der Waals surface area contributed by atoms with Crippen molar-refractivity contribution in [2.45, 2.75) is 32.4 Å². The number of non-ortho nitro benzene ring substituents is 1. The number of nitrogens with zero attached hydrogens (tertiary/aromatic N) is 2. The first-order valence-corrected chi connectivity index (χ1v) is 7.02. The van der Waals surface area contributed by atoms with Gasteiger partial charge in [0.2, 0.25) is 0 Å². The van der Waals surface area contributed by atoms with Gasteiger partial charge in [-0.25, -0.2) is 0 Å². The average Bonchev–Trinajstić information content (AvgIpc) is 2.53. The van der Waals surface area contributed by atoms with Crippen LogP contribution in [0.3, 0.4) is 0 Å². The molecule has 0 bridgehead atoms. The Kier molecular flexibility index (Phi) is 5.00. The summed E-state index contributed by atoms with van der Waals surface area (Å²) in [5.41, 5.74) is 2.21. The van der Waals surface area contributed by atoms with Crippen LogP contribution in [-0.4, -0.2) is 9.91 Å². The van der Waals surface area contributed by atoms with Crippen molar-refractivity contribution in [1.82, 2.24) is 10.3 Å². The fourth-order valence-corrected chi connectivity index (χ4v) is 2.36. The monoisotopic (exact) mass is 285 g/mol. The predicted molar refractivity (Wildman–Crippen MR) is 81.9 cm³/mol. The van der Waals surface area contributed by atoms with Crippen molar-refractivity contribution < 1.29 is 4.92 Å². The summed E-state index contributed by atoms with van der Waals surface area (Å²) in [4.78, 5) is 14.5. The molecule has 2 atom stereocenters. The average molecular weight is 285 g/mol. The topological polar surface area (TPSA) is 68.1 Å². The maximum atomic E-state index is 10.9. The molecule has 0 aliphatic heterocycles. The fourth-order valence-electron chi connectivity index (χ4n) is 2.36. The third-order valence-electron chi connectivity index (χ3n) is 3.55. The molecule has 0 aliphatic carbocycles. The molecule has 0 saturated carbocycles. The first-order valence-electron chi connectivity index (χ1n) is 7.02. The van der Waals surface area contributed by atoms with Crippen molar-refractivity contribution in [3.8, 4) is 0 Å². The van der Waals surface area contributed by atoms with Crippen molar-refractivity contribution in [3.63, 3.8) is 0 Å². The molecule has 1 aromatic carbocycles. The number of nitrogens with one attached hydrogen (secondary N) is 1. The van der Waals surface area contributed by atoms with Gasteiger partial charge in [0.25, 0.3) is 5.69 Å². The van der Waals surface area contributed by atoms with Crippen LogP contribution < -0.4 is 5.32 Å². The van der Waals surface area contributed by atoms with Crippen LogP contribution in [0.5, 0.6) is 0 Å². The molecule has 0 fully saturated rings. The summed E-state index contributed by atoms with van der Waals surface area (Å²) in [6, 6.07) is 11.0. The molecular formula is C16H19N3O2. The summed E-state index contributed by atoms with van der Waals surface area (Å²) in [6.45, 7) is 4.14. The lowest BCUT2D eigenvalue weighted by Crippen LogP contribution is -2.24. The smallest absolute Gasteiger partial charge is 0.269 e. The molecule has 2 aromatic rings. The van der Waals surface area contributed by atoms with E-state index in [1.54, 1.807) is 24.5 Å². The Morgan fingerprint density at radius 2 is 1.95 bits per heavy atom. The van der Waals surface area contributed by atoms with Crippen LogP contribution in [0, 0.1) is 10.1 Å². The third kappa shape index (κ3) is 3.86. The second-order valence-electron chi connectivity index (χ2n) is 4.98. The van der Waals surface area contributed by atoms with Crippen molar-refractivity contribution in [1.29, 1.82) is 0 Å². The van der Waals surface area contributed by atoms with Gasteiger partial charge in [0.05, 0.1) is 4.92 Å². The van der Waals surface area contributed by atoms with Gasteiger partial charge in [-0.3, -0.25) is 15.1 Å². The number of aromatic nitrogens is 1. The Labute approximate surface area is 124 Å². The second kappa shape index (κ2) is 6.95. The van der Waals surface area contributed by atoms with E-state index in [9.17, 15) is 10.1 Å². The number of nitro benzene ring substituents is 1. The molecular weight excluding hydrogens is 266 g/mol. The van der Waals surface area contributed by atoms with Crippen LogP contribution in [0.25, 0.3) is 0 Å². The molecule has 2 rings (SSSR count). The molecule has 1 heterocycles. The van der Waals surface area contributed by atoms with Gasteiger partial charge >= 0.3 is 0 Å². The van der Waals surface area contributed by atoms with Crippen LogP contribution in [-0.2, 0) is 0 Å². The van der Waals surface area contributed by atoms with Gasteiger partial charge in [0.15, 0.2) is 0 Å². The SMILES string of the molecule is CCC(N[C@@H](C)c1ccncc1)c1cccc([N+](=O)[O-])c1. The van der Waals surface area contributed by atoms with Crippen LogP contribution >= 0.6 is 0 Å². The summed E-state index contributed by atoms with van der Waals surface area (Å²) in [7, 11) is 0. The number of hydrogen-bond acceptors (Lipinski definition) is 4. The van der Waals surface area contributed by atoms with Gasteiger partial charge in [-0.2, -0.15) is 0 Å². The van der Waals surface area contributed by atoms with E-state index in [4.69, 9.17) is 0 Å². The van der Waals surface area contributed by atoms with Crippen molar-refractivity contribution in [2.75, 3.05) is 0 Å². The molecule has 1 aromatic heterocycles. The van der Waals surface area contributed by atoms with Crippen molar-refractivity contribution in [2.24, 2.45) is 0 Å². The molecule has 21 heavy (non-hydrogen) atoms. The van der Waals surface area contributed by atoms with Crippen molar-refractivity contribution in [3.05, 3.63) is 70.0 Å². The molecule has 0 saturated heterocycles. The lowest BCUT2D eigenvalue weighted by atomic mass is 10.0. The highest BCUT2D eigenvalue weighted by molar-refractivity contribution is 5.36. The summed E-state index contributed by atoms with van der Waals surface area (Å²) in [5, 5.41) is 14.4. The lowest BCUT2D eigenvalue weighted by Gasteiger charge is -2.23. The number of benzene rings is 1. The zero-order chi connectivity index (χ0) is 15.2. The van der Waals surface area contributed by atoms with E-state index in [0.29, 0.717) is 0 Å². The van der Waals surface area contributed by atoms with E-state index in [-0.39, 0.29) is 22.7 Å². The van der Waals surface area contributed by atoms with Gasteiger partial charge in [0, 0.05) is 36.6 Å². The van der Waals surface area contributed by atoms with E-state index in [2.05, 4.69) is 24.1 Å². The number of nitro groups is 1. The molecule has 1 unspecified atom stereocenters. The zero-order valence-corrected chi connectivity index (χ0v) is 12.2. The summed E-state index contributed by atoms with van der Waals surface area (Å²) < 4.78 is 0. The molecule has 0 radical (unpaired) electrons. The molecule has 0 spiro atoms. The highest BCUT2D eigenvalue weighted by Crippen LogP contribution is 2.24. The van der Waals surface area contributed by atoms with Crippen LogP contribution in [0.15, 0.2) is 48.8 Å². The first-order chi connectivity index (χ1) is 10.1. The van der Waals surface area contributed by atoms with E-state index >= 15 is 0 Å². The van der Waals surface area contributed by atoms with E-state index in [1.807, 2.05) is 18.2 Å². The van der Waals surface area contributed by atoms with Crippen LogP contribution in [0.2, 0.25) is 0 Å². The molecule has 1 N–H and O–H groups in total. The van der Waals surface area contributed by atoms with Gasteiger partial charge < -0.3 is 5.32 Å². The first kappa shape index (κ1) is 15.1. The maximum Gasteiger partial charge on any atom is 0.269 e. The normalized spacial score (nSPS) is 13.6. The van der Waals surface area contributed by atoms with Crippen LogP contribution in [0.4, 0.5) is 5.69 Å². The zero-order valence-electron chi connectivity index (χ0n) is 12.2. The standard InChI is InChI=1S/C16H19N3O2/c1-3-16(14-5-4-6-15(11-14)19(20)21)18-12(2)13-7-9-17-10-8-13/h4-12,16,18H,3H2,1-2H3/t12-,16?/m0/s1. The lowest BCUT2D eigenvalue weighted by molar-refractivity contribution is -0.384. The molecule has 0 aliphatic rings.